The fraction of sp³-hybridized carbons (Fsp3) is 0.429. The van der Waals surface area contributed by atoms with Gasteiger partial charge in [0.1, 0.15) is 18.4 Å². The Kier molecular flexibility index (Phi) is 3.83. The van der Waals surface area contributed by atoms with Gasteiger partial charge in [-0.2, -0.15) is 0 Å². The van der Waals surface area contributed by atoms with Gasteiger partial charge in [0.15, 0.2) is 0 Å². The predicted octanol–water partition coefficient (Wildman–Crippen LogP) is 1.62. The maximum atomic E-state index is 13.8. The lowest BCUT2D eigenvalue weighted by molar-refractivity contribution is -0.146. The zero-order valence-corrected chi connectivity index (χ0v) is 11.0. The van der Waals surface area contributed by atoms with Crippen molar-refractivity contribution in [3.05, 3.63) is 35.6 Å². The average Bonchev–Trinajstić information content (AvgIpc) is 2.40. The van der Waals surface area contributed by atoms with Gasteiger partial charge >= 0.3 is 0 Å². The summed E-state index contributed by atoms with van der Waals surface area (Å²) in [6.07, 6.45) is 0.533. The molecule has 2 amide bonds. The molecule has 0 bridgehead atoms. The number of carbonyl (C=O) groups excluding carboxylic acids is 2. The monoisotopic (exact) mass is 264 g/mol. The first-order valence-electron chi connectivity index (χ1n) is 6.38. The second kappa shape index (κ2) is 5.38. The van der Waals surface area contributed by atoms with Gasteiger partial charge in [0.05, 0.1) is 6.04 Å². The van der Waals surface area contributed by atoms with Crippen molar-refractivity contribution >= 4 is 11.8 Å². The number of nitrogens with one attached hydrogen (secondary N) is 1. The van der Waals surface area contributed by atoms with Crippen LogP contribution in [0.15, 0.2) is 24.3 Å². The highest BCUT2D eigenvalue weighted by Crippen LogP contribution is 2.25. The highest BCUT2D eigenvalue weighted by molar-refractivity contribution is 5.95. The Bertz CT molecular complexity index is 504. The topological polar surface area (TPSA) is 49.4 Å². The van der Waals surface area contributed by atoms with E-state index >= 15 is 0 Å². The molecule has 0 aromatic heterocycles. The van der Waals surface area contributed by atoms with E-state index in [1.165, 1.54) is 11.0 Å². The second-order valence-corrected chi connectivity index (χ2v) is 4.69. The number of piperazine rings is 1. The van der Waals surface area contributed by atoms with Gasteiger partial charge in [-0.1, -0.05) is 25.1 Å². The minimum absolute atomic E-state index is 0.0230. The molecule has 1 aliphatic rings. The predicted molar refractivity (Wildman–Crippen MR) is 68.7 cm³/mol. The van der Waals surface area contributed by atoms with Crippen LogP contribution in [0.5, 0.6) is 0 Å². The molecule has 0 radical (unpaired) electrons. The zero-order chi connectivity index (χ0) is 14.0. The van der Waals surface area contributed by atoms with E-state index in [4.69, 9.17) is 0 Å². The number of amides is 2. The van der Waals surface area contributed by atoms with Gasteiger partial charge in [-0.25, -0.2) is 4.39 Å². The van der Waals surface area contributed by atoms with Crippen LogP contribution >= 0.6 is 0 Å². The molecule has 0 saturated carbocycles. The molecule has 5 heteroatoms. The number of carbonyl (C=O) groups is 2. The van der Waals surface area contributed by atoms with Gasteiger partial charge in [0, 0.05) is 5.56 Å². The van der Waals surface area contributed by atoms with Crippen molar-refractivity contribution in [3.63, 3.8) is 0 Å². The van der Waals surface area contributed by atoms with E-state index in [0.717, 1.165) is 0 Å². The van der Waals surface area contributed by atoms with Crippen LogP contribution in [0.2, 0.25) is 0 Å². The van der Waals surface area contributed by atoms with Gasteiger partial charge in [-0.05, 0) is 19.4 Å². The van der Waals surface area contributed by atoms with Crippen LogP contribution in [0, 0.1) is 5.82 Å². The molecule has 2 unspecified atom stereocenters. The summed E-state index contributed by atoms with van der Waals surface area (Å²) in [6, 6.07) is 5.37. The van der Waals surface area contributed by atoms with Gasteiger partial charge in [0.25, 0.3) is 0 Å². The van der Waals surface area contributed by atoms with Gasteiger partial charge in [-0.15, -0.1) is 0 Å². The standard InChI is InChI=1S/C14H17FN2O2/c1-3-12-14(19)17(8-13(18)16-12)9(2)10-6-4-5-7-11(10)15/h4-7,9,12H,3,8H2,1-2H3,(H,16,18). The Hall–Kier alpha value is -1.91. The van der Waals surface area contributed by atoms with Crippen LogP contribution in [-0.4, -0.2) is 29.3 Å². The summed E-state index contributed by atoms with van der Waals surface area (Å²) in [5, 5.41) is 2.64. The molecule has 2 atom stereocenters. The molecule has 1 aliphatic heterocycles. The van der Waals surface area contributed by atoms with Crippen molar-refractivity contribution < 1.29 is 14.0 Å². The van der Waals surface area contributed by atoms with Crippen LogP contribution in [0.25, 0.3) is 0 Å². The van der Waals surface area contributed by atoms with Crippen LogP contribution in [0.1, 0.15) is 31.9 Å². The zero-order valence-electron chi connectivity index (χ0n) is 11.0. The number of halogens is 1. The highest BCUT2D eigenvalue weighted by atomic mass is 19.1. The molecule has 0 spiro atoms. The van der Waals surface area contributed by atoms with Crippen LogP contribution in [0.3, 0.4) is 0 Å². The highest BCUT2D eigenvalue weighted by Gasteiger charge is 2.35. The molecule has 0 aliphatic carbocycles. The second-order valence-electron chi connectivity index (χ2n) is 4.69. The maximum absolute atomic E-state index is 13.8. The van der Waals surface area contributed by atoms with Crippen molar-refractivity contribution in [2.45, 2.75) is 32.4 Å². The lowest BCUT2D eigenvalue weighted by Gasteiger charge is -2.36. The molecular weight excluding hydrogens is 247 g/mol. The summed E-state index contributed by atoms with van der Waals surface area (Å²) < 4.78 is 13.8. The first kappa shape index (κ1) is 13.5. The van der Waals surface area contributed by atoms with E-state index < -0.39 is 12.1 Å². The van der Waals surface area contributed by atoms with Crippen molar-refractivity contribution in [3.8, 4) is 0 Å². The van der Waals surface area contributed by atoms with Gasteiger partial charge < -0.3 is 10.2 Å². The molecule has 4 nitrogen and oxygen atoms in total. The first-order valence-corrected chi connectivity index (χ1v) is 6.38. The Balaban J connectivity index is 2.27. The fourth-order valence-corrected chi connectivity index (χ4v) is 2.32. The summed E-state index contributed by atoms with van der Waals surface area (Å²) in [5.41, 5.74) is 0.431. The normalized spacial score (nSPS) is 21.2. The molecule has 2 rings (SSSR count). The summed E-state index contributed by atoms with van der Waals surface area (Å²) in [4.78, 5) is 25.3. The van der Waals surface area contributed by atoms with Crippen molar-refractivity contribution in [2.75, 3.05) is 6.54 Å². The van der Waals surface area contributed by atoms with Gasteiger partial charge in [-0.3, -0.25) is 9.59 Å². The Labute approximate surface area is 111 Å². The largest absolute Gasteiger partial charge is 0.343 e. The number of hydrogen-bond acceptors (Lipinski definition) is 2. The Morgan fingerprint density at radius 1 is 1.42 bits per heavy atom. The quantitative estimate of drug-likeness (QED) is 0.902. The van der Waals surface area contributed by atoms with Gasteiger partial charge in [0.2, 0.25) is 11.8 Å². The lowest BCUT2D eigenvalue weighted by Crippen LogP contribution is -2.58. The van der Waals surface area contributed by atoms with E-state index in [2.05, 4.69) is 5.32 Å². The minimum Gasteiger partial charge on any atom is -0.343 e. The number of nitrogens with zero attached hydrogens (tertiary/aromatic N) is 1. The third kappa shape index (κ3) is 2.59. The molecule has 1 aromatic rings. The first-order chi connectivity index (χ1) is 9.04. The third-order valence-corrected chi connectivity index (χ3v) is 3.46. The number of benzene rings is 1. The molecule has 1 fully saturated rings. The smallest absolute Gasteiger partial charge is 0.246 e. The molecule has 102 valence electrons. The summed E-state index contributed by atoms with van der Waals surface area (Å²) >= 11 is 0. The van der Waals surface area contributed by atoms with E-state index in [1.54, 1.807) is 25.1 Å². The number of rotatable bonds is 3. The fourth-order valence-electron chi connectivity index (χ4n) is 2.32. The van der Waals surface area contributed by atoms with E-state index in [1.807, 2.05) is 6.92 Å². The maximum Gasteiger partial charge on any atom is 0.246 e. The van der Waals surface area contributed by atoms with Crippen molar-refractivity contribution in [1.82, 2.24) is 10.2 Å². The van der Waals surface area contributed by atoms with Crippen molar-refractivity contribution in [2.24, 2.45) is 0 Å². The molecular formula is C14H17FN2O2. The minimum atomic E-state index is -0.504. The summed E-state index contributed by atoms with van der Waals surface area (Å²) in [6.45, 7) is 3.55. The molecule has 1 aromatic carbocycles. The molecule has 1 saturated heterocycles. The van der Waals surface area contributed by atoms with E-state index in [0.29, 0.717) is 12.0 Å². The SMILES string of the molecule is CCC1NC(=O)CN(C(C)c2ccccc2F)C1=O. The molecule has 1 N–H and O–H groups in total. The third-order valence-electron chi connectivity index (χ3n) is 3.46. The van der Waals surface area contributed by atoms with Crippen molar-refractivity contribution in [1.29, 1.82) is 0 Å². The van der Waals surface area contributed by atoms with E-state index in [-0.39, 0.29) is 24.2 Å². The Morgan fingerprint density at radius 3 is 2.74 bits per heavy atom. The average molecular weight is 264 g/mol. The molecule has 19 heavy (non-hydrogen) atoms. The van der Waals surface area contributed by atoms with Crippen LogP contribution < -0.4 is 5.32 Å². The summed E-state index contributed by atoms with van der Waals surface area (Å²) in [7, 11) is 0. The van der Waals surface area contributed by atoms with E-state index in [9.17, 15) is 14.0 Å². The lowest BCUT2D eigenvalue weighted by atomic mass is 10.0. The molecule has 1 heterocycles. The Morgan fingerprint density at radius 2 is 2.11 bits per heavy atom. The van der Waals surface area contributed by atoms with Crippen LogP contribution in [0.4, 0.5) is 4.39 Å². The number of hydrogen-bond donors (Lipinski definition) is 1. The van der Waals surface area contributed by atoms with Crippen LogP contribution in [-0.2, 0) is 9.59 Å². The summed E-state index contributed by atoms with van der Waals surface area (Å²) in [5.74, 6) is -0.714.